The molecule has 1 heterocycles. The van der Waals surface area contributed by atoms with Crippen molar-refractivity contribution in [2.24, 2.45) is 0 Å². The standard InChI is InChI=1S/C12H20BrNS/c1-3-5-6-10(14-4-2)9-11-7-8-12(13)15-11/h7-8,10,14H,3-6,9H2,1-2H3. The van der Waals surface area contributed by atoms with Gasteiger partial charge in [0, 0.05) is 10.9 Å². The average Bonchev–Trinajstić information content (AvgIpc) is 2.61. The van der Waals surface area contributed by atoms with Crippen molar-refractivity contribution in [2.45, 2.75) is 45.6 Å². The maximum Gasteiger partial charge on any atom is 0.0701 e. The van der Waals surface area contributed by atoms with Crippen LogP contribution in [0, 0.1) is 0 Å². The number of unbranched alkanes of at least 4 members (excludes halogenated alkanes) is 1. The average molecular weight is 290 g/mol. The lowest BCUT2D eigenvalue weighted by Gasteiger charge is -2.16. The van der Waals surface area contributed by atoms with Gasteiger partial charge in [-0.3, -0.25) is 0 Å². The van der Waals surface area contributed by atoms with Crippen LogP contribution in [0.15, 0.2) is 15.9 Å². The molecule has 0 radical (unpaired) electrons. The molecule has 0 saturated carbocycles. The van der Waals surface area contributed by atoms with Crippen molar-refractivity contribution in [3.8, 4) is 0 Å². The summed E-state index contributed by atoms with van der Waals surface area (Å²) in [6, 6.07) is 5.02. The maximum absolute atomic E-state index is 3.57. The Balaban J connectivity index is 2.42. The van der Waals surface area contributed by atoms with E-state index in [0.29, 0.717) is 6.04 Å². The van der Waals surface area contributed by atoms with E-state index in [1.54, 1.807) is 0 Å². The van der Waals surface area contributed by atoms with Gasteiger partial charge in [0.1, 0.15) is 0 Å². The summed E-state index contributed by atoms with van der Waals surface area (Å²) in [5.74, 6) is 0. The van der Waals surface area contributed by atoms with E-state index in [1.165, 1.54) is 34.3 Å². The molecule has 0 saturated heterocycles. The molecule has 0 fully saturated rings. The van der Waals surface area contributed by atoms with Gasteiger partial charge in [0.05, 0.1) is 3.79 Å². The van der Waals surface area contributed by atoms with Gasteiger partial charge in [-0.25, -0.2) is 0 Å². The fourth-order valence-corrected chi connectivity index (χ4v) is 3.28. The van der Waals surface area contributed by atoms with E-state index in [2.05, 4.69) is 47.2 Å². The number of hydrogen-bond donors (Lipinski definition) is 1. The van der Waals surface area contributed by atoms with Crippen LogP contribution in [0.5, 0.6) is 0 Å². The second kappa shape index (κ2) is 7.42. The topological polar surface area (TPSA) is 12.0 Å². The van der Waals surface area contributed by atoms with E-state index in [-0.39, 0.29) is 0 Å². The number of nitrogens with one attached hydrogen (secondary N) is 1. The highest BCUT2D eigenvalue weighted by Gasteiger charge is 2.09. The zero-order valence-corrected chi connectivity index (χ0v) is 12.0. The van der Waals surface area contributed by atoms with Crippen LogP contribution in [-0.4, -0.2) is 12.6 Å². The molecule has 1 nitrogen and oxygen atoms in total. The van der Waals surface area contributed by atoms with Gasteiger partial charge in [-0.05, 0) is 47.4 Å². The lowest BCUT2D eigenvalue weighted by Crippen LogP contribution is -2.30. The third-order valence-electron chi connectivity index (χ3n) is 2.48. The molecule has 15 heavy (non-hydrogen) atoms. The first kappa shape index (κ1) is 13.2. The molecule has 1 aromatic heterocycles. The maximum atomic E-state index is 3.57. The van der Waals surface area contributed by atoms with Crippen molar-refractivity contribution in [3.05, 3.63) is 20.8 Å². The van der Waals surface area contributed by atoms with Gasteiger partial charge in [0.25, 0.3) is 0 Å². The van der Waals surface area contributed by atoms with Crippen LogP contribution in [0.2, 0.25) is 0 Å². The Hall–Kier alpha value is 0.140. The zero-order valence-electron chi connectivity index (χ0n) is 9.55. The molecule has 1 N–H and O–H groups in total. The van der Waals surface area contributed by atoms with E-state index in [0.717, 1.165) is 6.54 Å². The quantitative estimate of drug-likeness (QED) is 0.792. The number of likely N-dealkylation sites (N-methyl/N-ethyl adjacent to an activating group) is 1. The Morgan fingerprint density at radius 3 is 2.73 bits per heavy atom. The summed E-state index contributed by atoms with van der Waals surface area (Å²) >= 11 is 5.36. The molecule has 0 aliphatic heterocycles. The van der Waals surface area contributed by atoms with Crippen LogP contribution in [0.3, 0.4) is 0 Å². The number of hydrogen-bond acceptors (Lipinski definition) is 2. The highest BCUT2D eigenvalue weighted by Crippen LogP contribution is 2.23. The first-order chi connectivity index (χ1) is 7.26. The summed E-state index contributed by atoms with van der Waals surface area (Å²) in [4.78, 5) is 1.48. The molecule has 0 aromatic carbocycles. The highest BCUT2D eigenvalue weighted by atomic mass is 79.9. The van der Waals surface area contributed by atoms with E-state index < -0.39 is 0 Å². The molecule has 3 heteroatoms. The van der Waals surface area contributed by atoms with Crippen molar-refractivity contribution in [1.82, 2.24) is 5.32 Å². The first-order valence-electron chi connectivity index (χ1n) is 5.73. The number of halogens is 1. The van der Waals surface area contributed by atoms with Gasteiger partial charge in [-0.2, -0.15) is 0 Å². The third-order valence-corrected chi connectivity index (χ3v) is 4.12. The summed E-state index contributed by atoms with van der Waals surface area (Å²) in [5.41, 5.74) is 0. The smallest absolute Gasteiger partial charge is 0.0701 e. The van der Waals surface area contributed by atoms with E-state index in [1.807, 2.05) is 11.3 Å². The Morgan fingerprint density at radius 2 is 2.20 bits per heavy atom. The lowest BCUT2D eigenvalue weighted by molar-refractivity contribution is 0.476. The van der Waals surface area contributed by atoms with Gasteiger partial charge in [-0.15, -0.1) is 11.3 Å². The molecule has 1 aromatic rings. The summed E-state index contributed by atoms with van der Waals surface area (Å²) in [7, 11) is 0. The predicted molar refractivity (Wildman–Crippen MR) is 72.7 cm³/mol. The Morgan fingerprint density at radius 1 is 1.40 bits per heavy atom. The minimum atomic E-state index is 0.653. The summed E-state index contributed by atoms with van der Waals surface area (Å²) < 4.78 is 1.24. The van der Waals surface area contributed by atoms with Gasteiger partial charge in [-0.1, -0.05) is 26.7 Å². The fourth-order valence-electron chi connectivity index (χ4n) is 1.72. The largest absolute Gasteiger partial charge is 0.314 e. The van der Waals surface area contributed by atoms with Gasteiger partial charge in [0.15, 0.2) is 0 Å². The van der Waals surface area contributed by atoms with E-state index in [4.69, 9.17) is 0 Å². The zero-order chi connectivity index (χ0) is 11.1. The van der Waals surface area contributed by atoms with Crippen LogP contribution >= 0.6 is 27.3 Å². The summed E-state index contributed by atoms with van der Waals surface area (Å²) in [5, 5.41) is 3.57. The second-order valence-corrected chi connectivity index (χ2v) is 6.35. The Labute approximate surface area is 105 Å². The Bertz CT molecular complexity index is 272. The first-order valence-corrected chi connectivity index (χ1v) is 7.34. The van der Waals surface area contributed by atoms with E-state index in [9.17, 15) is 0 Å². The lowest BCUT2D eigenvalue weighted by atomic mass is 10.1. The molecular formula is C12H20BrNS. The van der Waals surface area contributed by atoms with Crippen LogP contribution in [0.1, 0.15) is 38.0 Å². The van der Waals surface area contributed by atoms with Crippen LogP contribution in [0.25, 0.3) is 0 Å². The molecule has 86 valence electrons. The second-order valence-electron chi connectivity index (χ2n) is 3.81. The minimum Gasteiger partial charge on any atom is -0.314 e. The van der Waals surface area contributed by atoms with Crippen LogP contribution in [0.4, 0.5) is 0 Å². The van der Waals surface area contributed by atoms with Crippen LogP contribution < -0.4 is 5.32 Å². The molecule has 1 unspecified atom stereocenters. The molecule has 0 aliphatic carbocycles. The molecule has 1 rings (SSSR count). The van der Waals surface area contributed by atoms with Crippen molar-refractivity contribution in [2.75, 3.05) is 6.54 Å². The molecular weight excluding hydrogens is 270 g/mol. The van der Waals surface area contributed by atoms with Gasteiger partial charge < -0.3 is 5.32 Å². The van der Waals surface area contributed by atoms with Crippen molar-refractivity contribution >= 4 is 27.3 Å². The van der Waals surface area contributed by atoms with Crippen molar-refractivity contribution < 1.29 is 0 Å². The van der Waals surface area contributed by atoms with Crippen molar-refractivity contribution in [3.63, 3.8) is 0 Å². The number of rotatable bonds is 7. The normalized spacial score (nSPS) is 13.0. The van der Waals surface area contributed by atoms with E-state index >= 15 is 0 Å². The fraction of sp³-hybridized carbons (Fsp3) is 0.667. The Kier molecular flexibility index (Phi) is 6.53. The summed E-state index contributed by atoms with van der Waals surface area (Å²) in [6.07, 6.45) is 5.07. The summed E-state index contributed by atoms with van der Waals surface area (Å²) in [6.45, 7) is 5.51. The van der Waals surface area contributed by atoms with Gasteiger partial charge in [0.2, 0.25) is 0 Å². The highest BCUT2D eigenvalue weighted by molar-refractivity contribution is 9.11. The number of thiophene rings is 1. The third kappa shape index (κ3) is 5.14. The van der Waals surface area contributed by atoms with Crippen molar-refractivity contribution in [1.29, 1.82) is 0 Å². The molecule has 0 bridgehead atoms. The minimum absolute atomic E-state index is 0.653. The monoisotopic (exact) mass is 289 g/mol. The molecule has 0 spiro atoms. The SMILES string of the molecule is CCCCC(Cc1ccc(Br)s1)NCC. The molecule has 1 atom stereocenters. The van der Waals surface area contributed by atoms with Gasteiger partial charge >= 0.3 is 0 Å². The molecule has 0 amide bonds. The molecule has 0 aliphatic rings. The predicted octanol–water partition coefficient (Wildman–Crippen LogP) is 4.22. The van der Waals surface area contributed by atoms with Crippen LogP contribution in [-0.2, 0) is 6.42 Å².